The number of carbonyl (C=O) groups excluding carboxylic acids is 2. The van der Waals surface area contributed by atoms with Gasteiger partial charge in [-0.3, -0.25) is 9.59 Å². The Morgan fingerprint density at radius 3 is 1.28 bits per heavy atom. The lowest BCUT2D eigenvalue weighted by molar-refractivity contribution is -0.151. The number of nitrogens with one attached hydrogen (secondary N) is 1. The molecule has 0 aromatic carbocycles. The molecular weight excluding hydrogens is 791 g/mol. The van der Waals surface area contributed by atoms with Gasteiger partial charge in [0.15, 0.2) is 0 Å². The largest absolute Gasteiger partial charge is 0.462 e. The summed E-state index contributed by atoms with van der Waals surface area (Å²) in [5.41, 5.74) is 0. The molecule has 0 aliphatic carbocycles. The summed E-state index contributed by atoms with van der Waals surface area (Å²) in [4.78, 5) is 26.2. The van der Waals surface area contributed by atoms with E-state index in [1.807, 2.05) is 0 Å². The molecule has 0 fully saturated rings. The van der Waals surface area contributed by atoms with E-state index < -0.39 is 18.2 Å². The average Bonchev–Trinajstić information content (AvgIpc) is 3.29. The van der Waals surface area contributed by atoms with E-state index in [9.17, 15) is 19.8 Å². The van der Waals surface area contributed by atoms with Gasteiger partial charge in [-0.25, -0.2) is 0 Å². The Morgan fingerprint density at radius 1 is 0.453 bits per heavy atom. The molecule has 1 amide bonds. The van der Waals surface area contributed by atoms with Crippen molar-refractivity contribution in [2.45, 2.75) is 289 Å². The highest BCUT2D eigenvalue weighted by atomic mass is 16.5. The van der Waals surface area contributed by atoms with Crippen LogP contribution in [0.4, 0.5) is 0 Å². The van der Waals surface area contributed by atoms with Crippen LogP contribution < -0.4 is 5.32 Å². The smallest absolute Gasteiger partial charge is 0.306 e. The van der Waals surface area contributed by atoms with Gasteiger partial charge in [0, 0.05) is 6.42 Å². The van der Waals surface area contributed by atoms with Gasteiger partial charge >= 0.3 is 5.97 Å². The molecule has 6 nitrogen and oxygen atoms in total. The second kappa shape index (κ2) is 51.5. The highest BCUT2D eigenvalue weighted by molar-refractivity contribution is 5.77. The fourth-order valence-corrected chi connectivity index (χ4v) is 8.12. The van der Waals surface area contributed by atoms with E-state index in [1.165, 1.54) is 141 Å². The zero-order valence-electron chi connectivity index (χ0n) is 42.4. The number of aliphatic hydroxyl groups is 2. The Balaban J connectivity index is 4.69. The normalized spacial score (nSPS) is 13.6. The zero-order chi connectivity index (χ0) is 46.7. The van der Waals surface area contributed by atoms with Gasteiger partial charge in [0.25, 0.3) is 0 Å². The molecule has 3 atom stereocenters. The van der Waals surface area contributed by atoms with Gasteiger partial charge in [0.05, 0.1) is 25.2 Å². The Morgan fingerprint density at radius 2 is 0.812 bits per heavy atom. The summed E-state index contributed by atoms with van der Waals surface area (Å²) < 4.78 is 5.91. The standard InChI is InChI=1S/C58H105NO5/c1-4-7-10-13-16-19-22-25-28-29-30-31-34-37-40-43-46-49-54(64-58(63)51-48-45-42-39-36-33-27-24-21-18-15-12-9-6-3)52-57(62)59-55(53-60)56(61)50-47-44-41-38-35-32-26-23-20-17-14-11-8-5-2/h16,19,25,28,30-31,33,36-37,40,54-56,60-61H,4-15,17-18,20-24,26-27,29,32,34-35,38-39,41-53H2,1-3H3,(H,59,62)/b19-16-,28-25-,31-30-,36-33-,40-37-. The topological polar surface area (TPSA) is 95.9 Å². The van der Waals surface area contributed by atoms with Crippen molar-refractivity contribution in [3.63, 3.8) is 0 Å². The van der Waals surface area contributed by atoms with Crippen LogP contribution in [0.5, 0.6) is 0 Å². The summed E-state index contributed by atoms with van der Waals surface area (Å²) in [7, 11) is 0. The molecule has 0 spiro atoms. The van der Waals surface area contributed by atoms with E-state index in [2.05, 4.69) is 86.8 Å². The van der Waals surface area contributed by atoms with E-state index in [-0.39, 0.29) is 24.9 Å². The fraction of sp³-hybridized carbons (Fsp3) is 0.793. The van der Waals surface area contributed by atoms with Crippen LogP contribution in [0.25, 0.3) is 0 Å². The molecule has 0 heterocycles. The maximum atomic E-state index is 13.2. The monoisotopic (exact) mass is 896 g/mol. The number of carbonyl (C=O) groups is 2. The number of rotatable bonds is 49. The third-order valence-corrected chi connectivity index (χ3v) is 12.3. The lowest BCUT2D eigenvalue weighted by Gasteiger charge is -2.24. The molecule has 0 aromatic rings. The first-order chi connectivity index (χ1) is 31.5. The minimum absolute atomic E-state index is 0.0337. The predicted molar refractivity (Wildman–Crippen MR) is 278 cm³/mol. The minimum atomic E-state index is -0.806. The van der Waals surface area contributed by atoms with Crippen LogP contribution in [0.2, 0.25) is 0 Å². The molecule has 0 saturated heterocycles. The number of amides is 1. The van der Waals surface area contributed by atoms with Crippen molar-refractivity contribution in [1.82, 2.24) is 5.32 Å². The zero-order valence-corrected chi connectivity index (χ0v) is 42.4. The van der Waals surface area contributed by atoms with E-state index in [0.717, 1.165) is 83.5 Å². The second-order valence-electron chi connectivity index (χ2n) is 18.6. The Kier molecular flexibility index (Phi) is 49.6. The molecule has 0 aliphatic heterocycles. The molecule has 0 aromatic heterocycles. The van der Waals surface area contributed by atoms with E-state index >= 15 is 0 Å². The molecule has 64 heavy (non-hydrogen) atoms. The molecule has 0 bridgehead atoms. The van der Waals surface area contributed by atoms with Gasteiger partial charge in [-0.15, -0.1) is 0 Å². The van der Waals surface area contributed by atoms with Crippen molar-refractivity contribution in [1.29, 1.82) is 0 Å². The molecule has 0 radical (unpaired) electrons. The highest BCUT2D eigenvalue weighted by Gasteiger charge is 2.24. The molecular formula is C58H105NO5. The van der Waals surface area contributed by atoms with Crippen LogP contribution in [-0.2, 0) is 14.3 Å². The first kappa shape index (κ1) is 61.6. The van der Waals surface area contributed by atoms with Crippen molar-refractivity contribution < 1.29 is 24.5 Å². The third-order valence-electron chi connectivity index (χ3n) is 12.3. The second-order valence-corrected chi connectivity index (χ2v) is 18.6. The Hall–Kier alpha value is -2.44. The summed E-state index contributed by atoms with van der Waals surface area (Å²) in [5.74, 6) is -0.542. The summed E-state index contributed by atoms with van der Waals surface area (Å²) in [6, 6.07) is -0.723. The quantitative estimate of drug-likeness (QED) is 0.0321. The minimum Gasteiger partial charge on any atom is -0.462 e. The Bertz CT molecular complexity index is 1140. The summed E-state index contributed by atoms with van der Waals surface area (Å²) in [5, 5.41) is 23.8. The SMILES string of the molecule is CCCCC/C=C\C/C=C\C/C=C\C/C=C\CCCC(CC(=O)NC(CO)C(O)CCCCCCCCCCCCCCCC)OC(=O)CCCCC/C=C\CCCCCCCCC. The average molecular weight is 896 g/mol. The Labute approximate surface area is 397 Å². The van der Waals surface area contributed by atoms with Crippen molar-refractivity contribution in [3.05, 3.63) is 60.8 Å². The maximum absolute atomic E-state index is 13.2. The number of hydrogen-bond acceptors (Lipinski definition) is 5. The van der Waals surface area contributed by atoms with Crippen molar-refractivity contribution >= 4 is 11.9 Å². The number of esters is 1. The molecule has 6 heteroatoms. The van der Waals surface area contributed by atoms with Crippen molar-refractivity contribution in [3.8, 4) is 0 Å². The van der Waals surface area contributed by atoms with Crippen LogP contribution in [0.1, 0.15) is 271 Å². The number of aliphatic hydroxyl groups excluding tert-OH is 2. The van der Waals surface area contributed by atoms with Crippen LogP contribution in [0.15, 0.2) is 60.8 Å². The van der Waals surface area contributed by atoms with Gasteiger partial charge in [-0.1, -0.05) is 229 Å². The first-order valence-corrected chi connectivity index (χ1v) is 27.5. The highest BCUT2D eigenvalue weighted by Crippen LogP contribution is 2.17. The molecule has 3 N–H and O–H groups in total. The van der Waals surface area contributed by atoms with Gasteiger partial charge in [0.1, 0.15) is 6.10 Å². The first-order valence-electron chi connectivity index (χ1n) is 27.5. The number of allylic oxidation sites excluding steroid dienone is 10. The lowest BCUT2D eigenvalue weighted by atomic mass is 10.0. The molecule has 0 aliphatic rings. The maximum Gasteiger partial charge on any atom is 0.306 e. The molecule has 372 valence electrons. The van der Waals surface area contributed by atoms with E-state index in [1.54, 1.807) is 0 Å². The lowest BCUT2D eigenvalue weighted by Crippen LogP contribution is -2.46. The fourth-order valence-electron chi connectivity index (χ4n) is 8.12. The van der Waals surface area contributed by atoms with Crippen LogP contribution in [-0.4, -0.2) is 46.9 Å². The number of ether oxygens (including phenoxy) is 1. The number of hydrogen-bond donors (Lipinski definition) is 3. The van der Waals surface area contributed by atoms with Crippen LogP contribution in [0, 0.1) is 0 Å². The van der Waals surface area contributed by atoms with Crippen molar-refractivity contribution in [2.75, 3.05) is 6.61 Å². The van der Waals surface area contributed by atoms with Crippen molar-refractivity contribution in [2.24, 2.45) is 0 Å². The van der Waals surface area contributed by atoms with Crippen LogP contribution >= 0.6 is 0 Å². The van der Waals surface area contributed by atoms with E-state index in [0.29, 0.717) is 19.3 Å². The summed E-state index contributed by atoms with van der Waals surface area (Å²) >= 11 is 0. The van der Waals surface area contributed by atoms with Gasteiger partial charge in [-0.05, 0) is 89.9 Å². The van der Waals surface area contributed by atoms with Gasteiger partial charge in [-0.2, -0.15) is 0 Å². The third kappa shape index (κ3) is 46.1. The predicted octanol–water partition coefficient (Wildman–Crippen LogP) is 16.8. The molecule has 3 unspecified atom stereocenters. The van der Waals surface area contributed by atoms with Crippen LogP contribution in [0.3, 0.4) is 0 Å². The summed E-state index contributed by atoms with van der Waals surface area (Å²) in [6.45, 7) is 6.44. The molecule has 0 saturated carbocycles. The van der Waals surface area contributed by atoms with Gasteiger partial charge < -0.3 is 20.3 Å². The van der Waals surface area contributed by atoms with E-state index in [4.69, 9.17) is 4.74 Å². The van der Waals surface area contributed by atoms with Gasteiger partial charge in [0.2, 0.25) is 5.91 Å². The summed E-state index contributed by atoms with van der Waals surface area (Å²) in [6.07, 6.45) is 64.2. The molecule has 0 rings (SSSR count). The number of unbranched alkanes of at least 4 members (excludes halogenated alkanes) is 27.